The zero-order valence-electron chi connectivity index (χ0n) is 8.13. The lowest BCUT2D eigenvalue weighted by atomic mass is 9.83. The number of hydrogen-bond acceptors (Lipinski definition) is 3. The molecule has 2 bridgehead atoms. The van der Waals surface area contributed by atoms with Crippen LogP contribution in [0.4, 0.5) is 0 Å². The summed E-state index contributed by atoms with van der Waals surface area (Å²) in [5.41, 5.74) is 0.361. The van der Waals surface area contributed by atoms with Crippen LogP contribution in [0.5, 0.6) is 0 Å². The molecule has 0 spiro atoms. The molecule has 2 aliphatic rings. The zero-order chi connectivity index (χ0) is 9.85. The number of carbonyl (C=O) groups excluding carboxylic acids is 1. The van der Waals surface area contributed by atoms with Crippen LogP contribution in [0.1, 0.15) is 27.2 Å². The van der Waals surface area contributed by atoms with Crippen LogP contribution in [0.15, 0.2) is 11.6 Å². The van der Waals surface area contributed by atoms with Crippen LogP contribution in [0.2, 0.25) is 0 Å². The molecular formula is C10H14O3. The largest absolute Gasteiger partial charge is 0.362 e. The highest BCUT2D eigenvalue weighted by Gasteiger charge is 2.56. The average Bonchev–Trinajstić information content (AvgIpc) is 2.17. The smallest absolute Gasteiger partial charge is 0.189 e. The Bertz CT molecular complexity index is 303. The number of aliphatic hydroxyl groups is 1. The standard InChI is InChI=1S/C10H14O3/c1-6-4-7(11)8-9(2,3)5-10(6,12)13-8/h4,8,12H,5H2,1-3H3/t8-,10-/m1/s1. The number of carbonyl (C=O) groups is 1. The van der Waals surface area contributed by atoms with Crippen molar-refractivity contribution in [3.8, 4) is 0 Å². The fourth-order valence-corrected chi connectivity index (χ4v) is 2.18. The van der Waals surface area contributed by atoms with E-state index in [4.69, 9.17) is 4.74 Å². The van der Waals surface area contributed by atoms with Gasteiger partial charge in [0.05, 0.1) is 0 Å². The highest BCUT2D eigenvalue weighted by Crippen LogP contribution is 2.48. The molecule has 2 atom stereocenters. The summed E-state index contributed by atoms with van der Waals surface area (Å²) in [4.78, 5) is 11.5. The van der Waals surface area contributed by atoms with Crippen LogP contribution in [-0.4, -0.2) is 22.8 Å². The summed E-state index contributed by atoms with van der Waals surface area (Å²) >= 11 is 0. The molecule has 0 unspecified atom stereocenters. The van der Waals surface area contributed by atoms with Crippen molar-refractivity contribution in [2.45, 2.75) is 39.1 Å². The maximum atomic E-state index is 11.5. The molecule has 0 saturated carbocycles. The van der Waals surface area contributed by atoms with Gasteiger partial charge in [-0.3, -0.25) is 4.79 Å². The number of hydrogen-bond donors (Lipinski definition) is 1. The van der Waals surface area contributed by atoms with Crippen LogP contribution >= 0.6 is 0 Å². The first-order valence-corrected chi connectivity index (χ1v) is 4.48. The van der Waals surface area contributed by atoms with Crippen molar-refractivity contribution >= 4 is 5.78 Å². The number of rotatable bonds is 0. The van der Waals surface area contributed by atoms with E-state index in [2.05, 4.69) is 0 Å². The Hall–Kier alpha value is -0.670. The molecule has 2 aliphatic heterocycles. The Morgan fingerprint density at radius 3 is 2.85 bits per heavy atom. The van der Waals surface area contributed by atoms with Crippen molar-refractivity contribution in [3.63, 3.8) is 0 Å². The van der Waals surface area contributed by atoms with Crippen LogP contribution < -0.4 is 0 Å². The lowest BCUT2D eigenvalue weighted by Gasteiger charge is -2.27. The zero-order valence-corrected chi connectivity index (χ0v) is 8.13. The van der Waals surface area contributed by atoms with Crippen molar-refractivity contribution in [3.05, 3.63) is 11.6 Å². The van der Waals surface area contributed by atoms with E-state index >= 15 is 0 Å². The Morgan fingerprint density at radius 1 is 1.62 bits per heavy atom. The van der Waals surface area contributed by atoms with Gasteiger partial charge in [0.15, 0.2) is 11.6 Å². The third-order valence-electron chi connectivity index (χ3n) is 2.95. The van der Waals surface area contributed by atoms with Gasteiger partial charge < -0.3 is 9.84 Å². The van der Waals surface area contributed by atoms with Crippen LogP contribution in [-0.2, 0) is 9.53 Å². The van der Waals surface area contributed by atoms with Gasteiger partial charge in [-0.25, -0.2) is 0 Å². The predicted octanol–water partition coefficient (Wildman–Crippen LogP) is 1.02. The fraction of sp³-hybridized carbons (Fsp3) is 0.700. The van der Waals surface area contributed by atoms with Gasteiger partial charge in [-0.2, -0.15) is 0 Å². The lowest BCUT2D eigenvalue weighted by molar-refractivity contribution is -0.177. The van der Waals surface area contributed by atoms with Gasteiger partial charge in [-0.15, -0.1) is 0 Å². The number of fused-ring (bicyclic) bond motifs is 2. The third kappa shape index (κ3) is 1.07. The van der Waals surface area contributed by atoms with E-state index in [1.165, 1.54) is 6.08 Å². The van der Waals surface area contributed by atoms with E-state index < -0.39 is 11.9 Å². The molecule has 0 radical (unpaired) electrons. The van der Waals surface area contributed by atoms with Crippen molar-refractivity contribution < 1.29 is 14.6 Å². The van der Waals surface area contributed by atoms with Crippen molar-refractivity contribution in [1.29, 1.82) is 0 Å². The summed E-state index contributed by atoms with van der Waals surface area (Å²) < 4.78 is 5.36. The van der Waals surface area contributed by atoms with E-state index in [0.717, 1.165) is 0 Å². The number of ether oxygens (including phenoxy) is 1. The molecule has 1 N–H and O–H groups in total. The first kappa shape index (κ1) is 8.91. The van der Waals surface area contributed by atoms with E-state index in [1.807, 2.05) is 13.8 Å². The van der Waals surface area contributed by atoms with E-state index in [0.29, 0.717) is 12.0 Å². The van der Waals surface area contributed by atoms with E-state index in [9.17, 15) is 9.90 Å². The molecule has 1 fully saturated rings. The molecule has 0 aliphatic carbocycles. The minimum Gasteiger partial charge on any atom is -0.362 e. The maximum Gasteiger partial charge on any atom is 0.189 e. The molecule has 1 saturated heterocycles. The molecule has 0 aromatic rings. The third-order valence-corrected chi connectivity index (χ3v) is 2.95. The van der Waals surface area contributed by atoms with Gasteiger partial charge in [0.2, 0.25) is 0 Å². The minimum atomic E-state index is -1.19. The monoisotopic (exact) mass is 182 g/mol. The highest BCUT2D eigenvalue weighted by molar-refractivity contribution is 5.96. The normalized spacial score (nSPS) is 42.0. The Labute approximate surface area is 77.4 Å². The molecule has 13 heavy (non-hydrogen) atoms. The highest BCUT2D eigenvalue weighted by atomic mass is 16.6. The van der Waals surface area contributed by atoms with Gasteiger partial charge in [0, 0.05) is 11.8 Å². The van der Waals surface area contributed by atoms with Crippen LogP contribution in [0.3, 0.4) is 0 Å². The summed E-state index contributed by atoms with van der Waals surface area (Å²) in [5.74, 6) is -1.22. The van der Waals surface area contributed by atoms with Gasteiger partial charge >= 0.3 is 0 Å². The fourth-order valence-electron chi connectivity index (χ4n) is 2.18. The molecule has 0 amide bonds. The summed E-state index contributed by atoms with van der Waals surface area (Å²) in [6.07, 6.45) is 1.53. The quantitative estimate of drug-likeness (QED) is 0.608. The second-order valence-electron chi connectivity index (χ2n) is 4.68. The molecule has 2 heterocycles. The maximum absolute atomic E-state index is 11.5. The molecule has 3 heteroatoms. The summed E-state index contributed by atoms with van der Waals surface area (Å²) in [7, 11) is 0. The first-order chi connectivity index (χ1) is 5.85. The Kier molecular flexibility index (Phi) is 1.52. The average molecular weight is 182 g/mol. The van der Waals surface area contributed by atoms with Crippen LogP contribution in [0, 0.1) is 5.41 Å². The molecule has 2 rings (SSSR count). The van der Waals surface area contributed by atoms with Gasteiger partial charge in [-0.05, 0) is 18.6 Å². The van der Waals surface area contributed by atoms with Gasteiger partial charge in [0.1, 0.15) is 6.10 Å². The molecule has 3 nitrogen and oxygen atoms in total. The topological polar surface area (TPSA) is 46.5 Å². The second kappa shape index (κ2) is 2.22. The summed E-state index contributed by atoms with van der Waals surface area (Å²) in [5, 5.41) is 10.0. The van der Waals surface area contributed by atoms with Crippen molar-refractivity contribution in [2.24, 2.45) is 5.41 Å². The Balaban J connectivity index is 2.48. The Morgan fingerprint density at radius 2 is 2.23 bits per heavy atom. The van der Waals surface area contributed by atoms with Crippen molar-refractivity contribution in [1.82, 2.24) is 0 Å². The van der Waals surface area contributed by atoms with E-state index in [-0.39, 0.29) is 11.2 Å². The minimum absolute atomic E-state index is 0.0234. The van der Waals surface area contributed by atoms with Crippen LogP contribution in [0.25, 0.3) is 0 Å². The lowest BCUT2D eigenvalue weighted by Crippen LogP contribution is -2.38. The second-order valence-corrected chi connectivity index (χ2v) is 4.68. The molecule has 72 valence electrons. The first-order valence-electron chi connectivity index (χ1n) is 4.48. The SMILES string of the molecule is CC1=CC(=O)[C@H]2O[C@]1(O)CC2(C)C. The summed E-state index contributed by atoms with van der Waals surface area (Å²) in [6.45, 7) is 5.62. The van der Waals surface area contributed by atoms with Gasteiger partial charge in [-0.1, -0.05) is 13.8 Å². The van der Waals surface area contributed by atoms with Gasteiger partial charge in [0.25, 0.3) is 0 Å². The number of ketones is 1. The van der Waals surface area contributed by atoms with Crippen molar-refractivity contribution in [2.75, 3.05) is 0 Å². The predicted molar refractivity (Wildman–Crippen MR) is 47.0 cm³/mol. The molecular weight excluding hydrogens is 168 g/mol. The molecule has 0 aromatic heterocycles. The molecule has 0 aromatic carbocycles. The van der Waals surface area contributed by atoms with E-state index in [1.54, 1.807) is 6.92 Å². The summed E-state index contributed by atoms with van der Waals surface area (Å²) in [6, 6.07) is 0.